The van der Waals surface area contributed by atoms with Crippen molar-refractivity contribution < 1.29 is 18.4 Å². The normalized spacial score (nSPS) is 13.0. The van der Waals surface area contributed by atoms with Crippen molar-refractivity contribution in [3.63, 3.8) is 0 Å². The third kappa shape index (κ3) is 4.59. The maximum Gasteiger partial charge on any atom is 0.287 e. The summed E-state index contributed by atoms with van der Waals surface area (Å²) in [5, 5.41) is 2.78. The van der Waals surface area contributed by atoms with Gasteiger partial charge >= 0.3 is 0 Å². The number of rotatable bonds is 6. The minimum atomic E-state index is -0.331. The first kappa shape index (κ1) is 19.9. The molecule has 1 aromatic heterocycles. The zero-order chi connectivity index (χ0) is 20.9. The Morgan fingerprint density at radius 2 is 1.77 bits per heavy atom. The van der Waals surface area contributed by atoms with Crippen LogP contribution < -0.4 is 5.32 Å². The monoisotopic (exact) mass is 406 g/mol. The largest absolute Gasteiger partial charge is 0.451 e. The lowest BCUT2D eigenvalue weighted by atomic mass is 9.99. The van der Waals surface area contributed by atoms with Gasteiger partial charge in [-0.15, -0.1) is 0 Å². The van der Waals surface area contributed by atoms with Crippen LogP contribution in [0.2, 0.25) is 0 Å². The van der Waals surface area contributed by atoms with E-state index in [1.165, 1.54) is 23.3 Å². The molecule has 0 unspecified atom stereocenters. The summed E-state index contributed by atoms with van der Waals surface area (Å²) in [6.07, 6.45) is 1.84. The number of hydrogen-bond acceptors (Lipinski definition) is 3. The minimum Gasteiger partial charge on any atom is -0.451 e. The first-order valence-corrected chi connectivity index (χ1v) is 10.1. The molecule has 30 heavy (non-hydrogen) atoms. The number of benzene rings is 2. The molecule has 4 rings (SSSR count). The summed E-state index contributed by atoms with van der Waals surface area (Å²) < 4.78 is 18.6. The fourth-order valence-electron chi connectivity index (χ4n) is 3.62. The fraction of sp³-hybridized carbons (Fsp3) is 0.250. The van der Waals surface area contributed by atoms with Crippen LogP contribution in [0, 0.1) is 5.82 Å². The molecule has 0 aliphatic carbocycles. The highest BCUT2D eigenvalue weighted by molar-refractivity contribution is 5.92. The molecule has 0 saturated heterocycles. The van der Waals surface area contributed by atoms with Crippen LogP contribution in [0.3, 0.4) is 0 Å². The molecule has 2 amide bonds. The van der Waals surface area contributed by atoms with Crippen LogP contribution in [-0.4, -0.2) is 29.8 Å². The SMILES string of the molecule is O=C(NCCCC(=O)N1CCc2ccccc2C1)c1ccc(-c2ccc(F)cc2)o1. The van der Waals surface area contributed by atoms with Crippen molar-refractivity contribution in [3.8, 4) is 11.3 Å². The van der Waals surface area contributed by atoms with Crippen molar-refractivity contribution in [3.05, 3.63) is 83.4 Å². The van der Waals surface area contributed by atoms with Crippen LogP contribution in [0.25, 0.3) is 11.3 Å². The third-order valence-corrected chi connectivity index (χ3v) is 5.29. The predicted molar refractivity (Wildman–Crippen MR) is 111 cm³/mol. The van der Waals surface area contributed by atoms with Gasteiger partial charge in [0.05, 0.1) is 0 Å². The van der Waals surface area contributed by atoms with Gasteiger partial charge in [0.15, 0.2) is 5.76 Å². The molecule has 154 valence electrons. The summed E-state index contributed by atoms with van der Waals surface area (Å²) in [6, 6.07) is 17.4. The Balaban J connectivity index is 1.23. The number of carbonyl (C=O) groups excluding carboxylic acids is 2. The number of carbonyl (C=O) groups is 2. The number of furan rings is 1. The Kier molecular flexibility index (Phi) is 5.93. The van der Waals surface area contributed by atoms with Crippen LogP contribution in [0.1, 0.15) is 34.5 Å². The highest BCUT2D eigenvalue weighted by atomic mass is 19.1. The number of nitrogens with zero attached hydrogens (tertiary/aromatic N) is 1. The zero-order valence-electron chi connectivity index (χ0n) is 16.6. The molecule has 0 saturated carbocycles. The van der Waals surface area contributed by atoms with Gasteiger partial charge in [-0.05, 0) is 60.4 Å². The Morgan fingerprint density at radius 3 is 2.57 bits per heavy atom. The van der Waals surface area contributed by atoms with Crippen molar-refractivity contribution in [1.29, 1.82) is 0 Å². The van der Waals surface area contributed by atoms with E-state index in [-0.39, 0.29) is 23.4 Å². The first-order chi connectivity index (χ1) is 14.6. The molecule has 6 heteroatoms. The molecule has 3 aromatic rings. The van der Waals surface area contributed by atoms with Gasteiger partial charge < -0.3 is 14.6 Å². The lowest BCUT2D eigenvalue weighted by molar-refractivity contribution is -0.132. The molecule has 1 aliphatic heterocycles. The van der Waals surface area contributed by atoms with Crippen molar-refractivity contribution >= 4 is 11.8 Å². The Labute approximate surface area is 174 Å². The average Bonchev–Trinajstić information content (AvgIpc) is 3.27. The van der Waals surface area contributed by atoms with E-state index in [1.54, 1.807) is 24.3 Å². The van der Waals surface area contributed by atoms with Gasteiger partial charge in [-0.2, -0.15) is 0 Å². The maximum absolute atomic E-state index is 13.0. The molecule has 1 N–H and O–H groups in total. The van der Waals surface area contributed by atoms with Crippen molar-refractivity contribution in [2.45, 2.75) is 25.8 Å². The van der Waals surface area contributed by atoms with Crippen LogP contribution in [0.4, 0.5) is 4.39 Å². The molecule has 2 heterocycles. The van der Waals surface area contributed by atoms with E-state index in [9.17, 15) is 14.0 Å². The van der Waals surface area contributed by atoms with E-state index in [0.717, 1.165) is 13.0 Å². The van der Waals surface area contributed by atoms with Crippen molar-refractivity contribution in [2.75, 3.05) is 13.1 Å². The van der Waals surface area contributed by atoms with Crippen LogP contribution in [-0.2, 0) is 17.8 Å². The predicted octanol–water partition coefficient (Wildman–Crippen LogP) is 4.18. The Hall–Kier alpha value is -3.41. The standard InChI is InChI=1S/C24H23FN2O3/c25-20-9-7-18(8-10-20)21-11-12-22(30-21)24(29)26-14-3-6-23(28)27-15-13-17-4-1-2-5-19(17)16-27/h1-2,4-5,7-12H,3,6,13-16H2,(H,26,29). The highest BCUT2D eigenvalue weighted by Crippen LogP contribution is 2.22. The molecule has 0 radical (unpaired) electrons. The van der Waals surface area contributed by atoms with E-state index >= 15 is 0 Å². The molecule has 5 nitrogen and oxygen atoms in total. The minimum absolute atomic E-state index is 0.107. The molecular weight excluding hydrogens is 383 g/mol. The van der Waals surface area contributed by atoms with Crippen molar-refractivity contribution in [2.24, 2.45) is 0 Å². The lowest BCUT2D eigenvalue weighted by Crippen LogP contribution is -2.36. The second kappa shape index (κ2) is 8.95. The summed E-state index contributed by atoms with van der Waals surface area (Å²) in [7, 11) is 0. The van der Waals surface area contributed by atoms with Gasteiger partial charge in [0, 0.05) is 31.6 Å². The second-order valence-electron chi connectivity index (χ2n) is 7.36. The zero-order valence-corrected chi connectivity index (χ0v) is 16.6. The molecule has 2 aromatic carbocycles. The van der Waals surface area contributed by atoms with E-state index in [2.05, 4.69) is 17.4 Å². The van der Waals surface area contributed by atoms with Gasteiger partial charge in [-0.1, -0.05) is 24.3 Å². The van der Waals surface area contributed by atoms with E-state index in [0.29, 0.717) is 37.3 Å². The van der Waals surface area contributed by atoms with Gasteiger partial charge in [-0.25, -0.2) is 4.39 Å². The smallest absolute Gasteiger partial charge is 0.287 e. The second-order valence-corrected chi connectivity index (χ2v) is 7.36. The van der Waals surface area contributed by atoms with Crippen LogP contribution in [0.5, 0.6) is 0 Å². The van der Waals surface area contributed by atoms with Crippen LogP contribution >= 0.6 is 0 Å². The molecule has 0 spiro atoms. The summed E-state index contributed by atoms with van der Waals surface area (Å²) in [6.45, 7) is 1.78. The lowest BCUT2D eigenvalue weighted by Gasteiger charge is -2.29. The number of hydrogen-bond donors (Lipinski definition) is 1. The quantitative estimate of drug-likeness (QED) is 0.625. The summed E-state index contributed by atoms with van der Waals surface area (Å²) in [4.78, 5) is 26.6. The van der Waals surface area contributed by atoms with E-state index < -0.39 is 0 Å². The van der Waals surface area contributed by atoms with Gasteiger partial charge in [-0.3, -0.25) is 9.59 Å². The van der Waals surface area contributed by atoms with Gasteiger partial charge in [0.2, 0.25) is 5.91 Å². The Morgan fingerprint density at radius 1 is 1.00 bits per heavy atom. The summed E-state index contributed by atoms with van der Waals surface area (Å²) in [5.74, 6) is 0.138. The highest BCUT2D eigenvalue weighted by Gasteiger charge is 2.20. The van der Waals surface area contributed by atoms with Crippen LogP contribution in [0.15, 0.2) is 65.1 Å². The van der Waals surface area contributed by atoms with Crippen molar-refractivity contribution in [1.82, 2.24) is 10.2 Å². The molecule has 0 bridgehead atoms. The first-order valence-electron chi connectivity index (χ1n) is 10.1. The molecule has 0 atom stereocenters. The average molecular weight is 406 g/mol. The third-order valence-electron chi connectivity index (χ3n) is 5.29. The number of nitrogens with one attached hydrogen (secondary N) is 1. The van der Waals surface area contributed by atoms with E-state index in [1.807, 2.05) is 17.0 Å². The molecular formula is C24H23FN2O3. The molecule has 0 fully saturated rings. The van der Waals surface area contributed by atoms with Gasteiger partial charge in [0.1, 0.15) is 11.6 Å². The summed E-state index contributed by atoms with van der Waals surface area (Å²) in [5.41, 5.74) is 3.22. The molecule has 1 aliphatic rings. The Bertz CT molecular complexity index is 1040. The number of fused-ring (bicyclic) bond motifs is 1. The summed E-state index contributed by atoms with van der Waals surface area (Å²) >= 11 is 0. The number of amides is 2. The topological polar surface area (TPSA) is 62.6 Å². The maximum atomic E-state index is 13.0. The fourth-order valence-corrected chi connectivity index (χ4v) is 3.62. The van der Waals surface area contributed by atoms with Gasteiger partial charge in [0.25, 0.3) is 5.91 Å². The van der Waals surface area contributed by atoms with E-state index in [4.69, 9.17) is 4.42 Å². The number of halogens is 1.